The predicted molar refractivity (Wildman–Crippen MR) is 348 cm³/mol. The van der Waals surface area contributed by atoms with Crippen molar-refractivity contribution in [2.75, 3.05) is 108 Å². The number of nitrogens with one attached hydrogen (secondary N) is 4. The molecule has 26 heteroatoms. The van der Waals surface area contributed by atoms with E-state index in [-0.39, 0.29) is 72.3 Å². The molecule has 3 saturated heterocycles. The molecule has 0 radical (unpaired) electrons. The maximum absolute atomic E-state index is 14.2. The predicted octanol–water partition coefficient (Wildman–Crippen LogP) is 9.08. The van der Waals surface area contributed by atoms with Gasteiger partial charge in [-0.15, -0.1) is 11.8 Å². The fraction of sp³-hybridized carbons (Fsp3) is 0.424. The number of nitrogens with zero attached hydrogens (tertiary/aromatic N) is 6. The summed E-state index contributed by atoms with van der Waals surface area (Å²) in [6.45, 7) is 11.5. The molecule has 0 saturated carbocycles. The molecule has 0 spiro atoms. The Morgan fingerprint density at radius 1 is 0.870 bits per heavy atom. The number of allylic oxidation sites excluding steroid dienone is 1. The number of piperidine rings is 2. The molecule has 1 aliphatic carbocycles. The summed E-state index contributed by atoms with van der Waals surface area (Å²) in [6, 6.07) is 25.0. The van der Waals surface area contributed by atoms with Gasteiger partial charge < -0.3 is 43.9 Å². The van der Waals surface area contributed by atoms with E-state index in [1.54, 1.807) is 47.1 Å². The van der Waals surface area contributed by atoms with Crippen molar-refractivity contribution in [3.63, 3.8) is 0 Å². The van der Waals surface area contributed by atoms with Crippen molar-refractivity contribution in [2.45, 2.75) is 81.2 Å². The Morgan fingerprint density at radius 2 is 1.63 bits per heavy atom. The van der Waals surface area contributed by atoms with Crippen LogP contribution in [0, 0.1) is 21.4 Å². The van der Waals surface area contributed by atoms with Gasteiger partial charge in [0.1, 0.15) is 35.5 Å². The van der Waals surface area contributed by atoms with E-state index >= 15 is 0 Å². The molecule has 3 fully saturated rings. The molecule has 6 aromatic rings. The van der Waals surface area contributed by atoms with E-state index in [9.17, 15) is 42.5 Å². The number of hydrogen-bond donors (Lipinski definition) is 4. The van der Waals surface area contributed by atoms with Crippen molar-refractivity contribution < 1.29 is 56.3 Å². The first-order valence-corrected chi connectivity index (χ1v) is 33.9. The quantitative estimate of drug-likeness (QED) is 0.0129. The Hall–Kier alpha value is -7.91. The van der Waals surface area contributed by atoms with Gasteiger partial charge in [0.15, 0.2) is 0 Å². The Labute approximate surface area is 543 Å². The number of aromatic amines is 1. The lowest BCUT2D eigenvalue weighted by molar-refractivity contribution is -0.384. The van der Waals surface area contributed by atoms with Gasteiger partial charge in [-0.1, -0.05) is 49.2 Å². The number of amides is 5. The SMILES string of the molecule is CC1(C)CCC(CN2CCN(c3ccc(C(=O)NS(=O)(=O)c4ccc(NCC5CCN(C(=O)COCCOCCOCCSc6cccc7c6CN(C6CCC(=O)NC6=O)C7=O)CC5)c([N+](=O)[O-])c4)c(Oc4cnc5[nH]ccc5c4)c3)CC2)=C(c2ccc(Cl)cc2)C1. The lowest BCUT2D eigenvalue weighted by atomic mass is 9.72. The van der Waals surface area contributed by atoms with Crippen LogP contribution in [0.5, 0.6) is 11.5 Å². The summed E-state index contributed by atoms with van der Waals surface area (Å²) in [5.41, 5.74) is 6.63. The smallest absolute Gasteiger partial charge is 0.293 e. The first kappa shape index (κ1) is 65.6. The Morgan fingerprint density at radius 3 is 2.39 bits per heavy atom. The Balaban J connectivity index is 0.615. The van der Waals surface area contributed by atoms with E-state index in [2.05, 4.69) is 61.1 Å². The van der Waals surface area contributed by atoms with Gasteiger partial charge in [-0.3, -0.25) is 44.3 Å². The lowest BCUT2D eigenvalue weighted by Gasteiger charge is -2.39. The molecule has 0 bridgehead atoms. The number of carbonyl (C=O) groups excluding carboxylic acids is 5. The highest BCUT2D eigenvalue weighted by molar-refractivity contribution is 7.99. The van der Waals surface area contributed by atoms with Gasteiger partial charge in [-0.25, -0.2) is 18.1 Å². The Bertz CT molecular complexity index is 3890. The Kier molecular flexibility index (Phi) is 20.9. The summed E-state index contributed by atoms with van der Waals surface area (Å²) in [4.78, 5) is 92.1. The minimum absolute atomic E-state index is 0.0547. The zero-order valence-electron chi connectivity index (χ0n) is 51.4. The first-order valence-electron chi connectivity index (χ1n) is 31.0. The van der Waals surface area contributed by atoms with Crippen LogP contribution in [0.4, 0.5) is 17.1 Å². The summed E-state index contributed by atoms with van der Waals surface area (Å²) < 4.78 is 53.4. The number of pyridine rings is 1. The molecule has 4 aliphatic heterocycles. The van der Waals surface area contributed by atoms with Crippen LogP contribution in [-0.2, 0) is 45.2 Å². The molecule has 11 rings (SSSR count). The number of halogens is 1. The number of thioether (sulfide) groups is 1. The number of piperazine rings is 1. The van der Waals surface area contributed by atoms with Gasteiger partial charge in [-0.05, 0) is 127 Å². The summed E-state index contributed by atoms with van der Waals surface area (Å²) in [5, 5.41) is 19.4. The molecular formula is C66H75ClN10O13S2. The molecule has 92 heavy (non-hydrogen) atoms. The number of nitro groups is 1. The van der Waals surface area contributed by atoms with Crippen molar-refractivity contribution in [3.05, 3.63) is 146 Å². The second-order valence-electron chi connectivity index (χ2n) is 24.4. The third kappa shape index (κ3) is 16.1. The number of hydrogen-bond acceptors (Lipinski definition) is 18. The molecule has 1 atom stereocenters. The lowest BCUT2D eigenvalue weighted by Crippen LogP contribution is -2.52. The second kappa shape index (κ2) is 29.4. The molecule has 1 unspecified atom stereocenters. The number of rotatable bonds is 26. The number of imide groups is 1. The molecule has 6 heterocycles. The highest BCUT2D eigenvalue weighted by atomic mass is 35.5. The number of aromatic nitrogens is 2. The van der Waals surface area contributed by atoms with E-state index < -0.39 is 43.4 Å². The monoisotopic (exact) mass is 1310 g/mol. The number of carbonyl (C=O) groups is 5. The number of ether oxygens (including phenoxy) is 4. The normalized spacial score (nSPS) is 18.1. The minimum Gasteiger partial charge on any atom is -0.455 e. The van der Waals surface area contributed by atoms with Crippen LogP contribution in [0.15, 0.2) is 119 Å². The minimum atomic E-state index is -4.66. The number of sulfonamides is 1. The molecule has 4 N–H and O–H groups in total. The van der Waals surface area contributed by atoms with E-state index in [1.165, 1.54) is 46.0 Å². The summed E-state index contributed by atoms with van der Waals surface area (Å²) in [6.07, 6.45) is 8.12. The molecule has 486 valence electrons. The van der Waals surface area contributed by atoms with Crippen molar-refractivity contribution in [2.24, 2.45) is 11.3 Å². The van der Waals surface area contributed by atoms with Crippen molar-refractivity contribution in [1.29, 1.82) is 0 Å². The molecule has 23 nitrogen and oxygen atoms in total. The van der Waals surface area contributed by atoms with Crippen LogP contribution in [0.1, 0.15) is 90.6 Å². The van der Waals surface area contributed by atoms with Crippen LogP contribution in [0.25, 0.3) is 16.6 Å². The van der Waals surface area contributed by atoms with Gasteiger partial charge in [0.2, 0.25) is 17.7 Å². The summed E-state index contributed by atoms with van der Waals surface area (Å²) >= 11 is 7.83. The highest BCUT2D eigenvalue weighted by Gasteiger charge is 2.40. The zero-order valence-corrected chi connectivity index (χ0v) is 53.8. The van der Waals surface area contributed by atoms with E-state index in [0.29, 0.717) is 106 Å². The number of nitro benzene ring substituents is 1. The standard InChI is InChI=1S/C66H75ClN10O13S2/c1-66(2)20-16-46(53(37-66)44-6-8-47(67)9-7-44)40-73-24-26-74(27-25-73)48-10-12-52(58(35-48)90-49-34-45-17-21-68-62(45)70-39-49)63(80)72-92(85,86)50-11-13-55(57(36-50)77(83)84)69-38-43-18-22-75(23-19-43)61(79)42-89-31-30-87-28-29-88-32-33-91-59-5-3-4-51-54(59)41-76(65(51)82)56-14-15-60(78)71-64(56)81/h3-13,17,21,34-36,39,43,56,69H,14-16,18-20,22-33,37-38,40-42H2,1-2H3,(H,68,70)(H,72,80)(H,71,78,81). The van der Waals surface area contributed by atoms with Gasteiger partial charge in [0.05, 0.1) is 54.6 Å². The molecule has 5 aliphatic rings. The first-order chi connectivity index (χ1) is 44.3. The molecule has 2 aromatic heterocycles. The molecule has 5 amide bonds. The summed E-state index contributed by atoms with van der Waals surface area (Å²) in [7, 11) is -4.66. The summed E-state index contributed by atoms with van der Waals surface area (Å²) in [5.74, 6) is -1.04. The number of benzene rings is 4. The van der Waals surface area contributed by atoms with Gasteiger partial charge in [0.25, 0.3) is 27.5 Å². The fourth-order valence-electron chi connectivity index (χ4n) is 12.4. The highest BCUT2D eigenvalue weighted by Crippen LogP contribution is 2.44. The third-order valence-electron chi connectivity index (χ3n) is 17.6. The third-order valence-corrected chi connectivity index (χ3v) is 20.2. The fourth-order valence-corrected chi connectivity index (χ4v) is 14.5. The van der Waals surface area contributed by atoms with E-state index in [0.717, 1.165) is 66.5 Å². The van der Waals surface area contributed by atoms with Crippen molar-refractivity contribution >= 4 is 96.6 Å². The van der Waals surface area contributed by atoms with Crippen molar-refractivity contribution in [1.82, 2.24) is 34.7 Å². The number of H-pyrrole nitrogens is 1. The van der Waals surface area contributed by atoms with Crippen LogP contribution >= 0.6 is 23.4 Å². The largest absolute Gasteiger partial charge is 0.455 e. The average Bonchev–Trinajstić information content (AvgIpc) is 1.52. The average molecular weight is 1320 g/mol. The number of likely N-dealkylation sites (tertiary alicyclic amines) is 1. The second-order valence-corrected chi connectivity index (χ2v) is 27.7. The maximum atomic E-state index is 14.2. The van der Waals surface area contributed by atoms with Gasteiger partial charge in [-0.2, -0.15) is 0 Å². The molecular weight excluding hydrogens is 1240 g/mol. The number of fused-ring (bicyclic) bond motifs is 2. The maximum Gasteiger partial charge on any atom is 0.293 e. The van der Waals surface area contributed by atoms with E-state index in [1.807, 2.05) is 30.3 Å². The van der Waals surface area contributed by atoms with Crippen molar-refractivity contribution in [3.8, 4) is 11.5 Å². The molecule has 4 aromatic carbocycles. The topological polar surface area (TPSA) is 277 Å². The van der Waals surface area contributed by atoms with Crippen LogP contribution < -0.4 is 25.0 Å². The number of anilines is 2. The van der Waals surface area contributed by atoms with Crippen LogP contribution in [0.3, 0.4) is 0 Å². The van der Waals surface area contributed by atoms with Gasteiger partial charge in [0, 0.05) is 116 Å². The van der Waals surface area contributed by atoms with Gasteiger partial charge >= 0.3 is 0 Å². The van der Waals surface area contributed by atoms with Crippen LogP contribution in [-0.4, -0.2) is 171 Å². The van der Waals surface area contributed by atoms with E-state index in [4.69, 9.17) is 30.5 Å². The zero-order chi connectivity index (χ0) is 64.5. The van der Waals surface area contributed by atoms with Crippen LogP contribution in [0.2, 0.25) is 5.02 Å².